The molecule has 178 valence electrons. The van der Waals surface area contributed by atoms with Crippen LogP contribution in [0.5, 0.6) is 17.2 Å². The number of ether oxygens (including phenoxy) is 3. The third-order valence-electron chi connectivity index (χ3n) is 5.52. The van der Waals surface area contributed by atoms with Crippen LogP contribution in [0.4, 0.5) is 5.69 Å². The van der Waals surface area contributed by atoms with Crippen molar-refractivity contribution in [1.82, 2.24) is 9.55 Å². The number of para-hydroxylation sites is 1. The maximum Gasteiger partial charge on any atom is 0.266 e. The van der Waals surface area contributed by atoms with Gasteiger partial charge in [0.05, 0.1) is 29.0 Å². The molecular weight excluding hydrogens is 466 g/mol. The van der Waals surface area contributed by atoms with Gasteiger partial charge in [-0.2, -0.15) is 0 Å². The van der Waals surface area contributed by atoms with Gasteiger partial charge in [-0.15, -0.1) is 0 Å². The van der Waals surface area contributed by atoms with Gasteiger partial charge in [-0.1, -0.05) is 30.0 Å². The minimum Gasteiger partial charge on any atom is -0.497 e. The number of carbonyl (C=O) groups is 1. The number of amides is 1. The van der Waals surface area contributed by atoms with Gasteiger partial charge >= 0.3 is 0 Å². The van der Waals surface area contributed by atoms with E-state index in [4.69, 9.17) is 19.2 Å². The van der Waals surface area contributed by atoms with Crippen LogP contribution in [0.1, 0.15) is 6.92 Å². The molecule has 1 aliphatic heterocycles. The number of anilines is 1. The average Bonchev–Trinajstić information content (AvgIpc) is 2.88. The lowest BCUT2D eigenvalue weighted by atomic mass is 10.2. The van der Waals surface area contributed by atoms with Gasteiger partial charge in [-0.3, -0.25) is 14.2 Å². The van der Waals surface area contributed by atoms with Gasteiger partial charge in [-0.25, -0.2) is 4.98 Å². The molecule has 1 unspecified atom stereocenters. The molecule has 1 amide bonds. The van der Waals surface area contributed by atoms with E-state index in [-0.39, 0.29) is 11.5 Å². The van der Waals surface area contributed by atoms with Crippen LogP contribution in [0.2, 0.25) is 0 Å². The summed E-state index contributed by atoms with van der Waals surface area (Å²) in [6, 6.07) is 19.6. The zero-order chi connectivity index (χ0) is 24.4. The molecule has 4 aromatic rings. The highest BCUT2D eigenvalue weighted by Crippen LogP contribution is 2.33. The molecule has 1 aliphatic rings. The molecule has 35 heavy (non-hydrogen) atoms. The molecule has 1 atom stereocenters. The molecule has 0 radical (unpaired) electrons. The van der Waals surface area contributed by atoms with E-state index in [0.717, 1.165) is 0 Å². The van der Waals surface area contributed by atoms with Crippen molar-refractivity contribution in [2.75, 3.05) is 25.6 Å². The molecule has 2 heterocycles. The van der Waals surface area contributed by atoms with Gasteiger partial charge in [0.1, 0.15) is 19.0 Å². The molecule has 0 fully saturated rings. The van der Waals surface area contributed by atoms with Gasteiger partial charge in [0.15, 0.2) is 16.7 Å². The fourth-order valence-corrected chi connectivity index (χ4v) is 4.67. The minimum absolute atomic E-state index is 0.217. The number of aromatic nitrogens is 2. The lowest BCUT2D eigenvalue weighted by Crippen LogP contribution is -2.26. The third kappa shape index (κ3) is 4.67. The summed E-state index contributed by atoms with van der Waals surface area (Å²) in [6.07, 6.45) is 0. The highest BCUT2D eigenvalue weighted by Gasteiger charge is 2.21. The van der Waals surface area contributed by atoms with Gasteiger partial charge in [0.25, 0.3) is 5.56 Å². The average molecular weight is 490 g/mol. The molecule has 8 nitrogen and oxygen atoms in total. The van der Waals surface area contributed by atoms with E-state index in [9.17, 15) is 9.59 Å². The quantitative estimate of drug-likeness (QED) is 0.319. The second-order valence-corrected chi connectivity index (χ2v) is 9.17. The Morgan fingerprint density at radius 3 is 2.69 bits per heavy atom. The molecule has 0 saturated carbocycles. The first-order valence-electron chi connectivity index (χ1n) is 11.1. The maximum atomic E-state index is 13.5. The number of thioether (sulfide) groups is 1. The molecule has 5 rings (SSSR count). The summed E-state index contributed by atoms with van der Waals surface area (Å²) < 4.78 is 18.0. The number of benzene rings is 3. The summed E-state index contributed by atoms with van der Waals surface area (Å²) in [5.74, 6) is 1.63. The lowest BCUT2D eigenvalue weighted by molar-refractivity contribution is -0.115. The number of nitrogens with zero attached hydrogens (tertiary/aromatic N) is 2. The third-order valence-corrected chi connectivity index (χ3v) is 6.57. The summed E-state index contributed by atoms with van der Waals surface area (Å²) in [6.45, 7) is 2.74. The molecule has 9 heteroatoms. The van der Waals surface area contributed by atoms with Crippen molar-refractivity contribution in [1.29, 1.82) is 0 Å². The number of fused-ring (bicyclic) bond motifs is 2. The Morgan fingerprint density at radius 2 is 1.86 bits per heavy atom. The van der Waals surface area contributed by atoms with Crippen molar-refractivity contribution >= 4 is 34.3 Å². The highest BCUT2D eigenvalue weighted by molar-refractivity contribution is 8.00. The monoisotopic (exact) mass is 489 g/mol. The van der Waals surface area contributed by atoms with Crippen molar-refractivity contribution in [2.45, 2.75) is 17.3 Å². The van der Waals surface area contributed by atoms with Crippen molar-refractivity contribution < 1.29 is 19.0 Å². The lowest BCUT2D eigenvalue weighted by Gasteiger charge is -2.20. The predicted octanol–water partition coefficient (Wildman–Crippen LogP) is 4.28. The Labute approximate surface area is 205 Å². The number of rotatable bonds is 6. The summed E-state index contributed by atoms with van der Waals surface area (Å²) in [4.78, 5) is 31.2. The smallest absolute Gasteiger partial charge is 0.266 e. The number of hydrogen-bond donors (Lipinski definition) is 1. The van der Waals surface area contributed by atoms with Gasteiger partial charge < -0.3 is 19.5 Å². The van der Waals surface area contributed by atoms with E-state index in [1.807, 2.05) is 18.2 Å². The first kappa shape index (κ1) is 22.8. The normalized spacial score (nSPS) is 13.3. The molecule has 3 aromatic carbocycles. The zero-order valence-electron chi connectivity index (χ0n) is 19.2. The number of nitrogens with one attached hydrogen (secondary N) is 1. The highest BCUT2D eigenvalue weighted by atomic mass is 32.2. The van der Waals surface area contributed by atoms with Crippen LogP contribution in [0.15, 0.2) is 76.7 Å². The number of hydrogen-bond acceptors (Lipinski definition) is 7. The van der Waals surface area contributed by atoms with Crippen LogP contribution in [0.3, 0.4) is 0 Å². The van der Waals surface area contributed by atoms with E-state index < -0.39 is 5.25 Å². The molecule has 0 bridgehead atoms. The van der Waals surface area contributed by atoms with Crippen LogP contribution in [-0.2, 0) is 4.79 Å². The molecule has 1 aromatic heterocycles. The van der Waals surface area contributed by atoms with Gasteiger partial charge in [0, 0.05) is 17.8 Å². The van der Waals surface area contributed by atoms with Crippen molar-refractivity contribution in [3.8, 4) is 22.9 Å². The van der Waals surface area contributed by atoms with Gasteiger partial charge in [0.2, 0.25) is 5.91 Å². The second-order valence-electron chi connectivity index (χ2n) is 7.86. The summed E-state index contributed by atoms with van der Waals surface area (Å²) in [5, 5.41) is 3.27. The summed E-state index contributed by atoms with van der Waals surface area (Å²) >= 11 is 1.21. The van der Waals surface area contributed by atoms with Crippen LogP contribution >= 0.6 is 11.8 Å². The van der Waals surface area contributed by atoms with E-state index in [2.05, 4.69) is 5.32 Å². The number of carbonyl (C=O) groups excluding carboxylic acids is 1. The van der Waals surface area contributed by atoms with Crippen molar-refractivity contribution in [3.05, 3.63) is 77.1 Å². The summed E-state index contributed by atoms with van der Waals surface area (Å²) in [7, 11) is 1.57. The van der Waals surface area contributed by atoms with Crippen LogP contribution < -0.4 is 25.1 Å². The fraction of sp³-hybridized carbons (Fsp3) is 0.192. The fourth-order valence-electron chi connectivity index (χ4n) is 3.75. The van der Waals surface area contributed by atoms with E-state index >= 15 is 0 Å². The van der Waals surface area contributed by atoms with E-state index in [1.165, 1.54) is 16.3 Å². The SMILES string of the molecule is COc1cccc(-n2c(SC(C)C(=O)Nc3ccc4c(c3)OCCO4)nc3ccccc3c2=O)c1. The Hall–Kier alpha value is -3.98. The van der Waals surface area contributed by atoms with Crippen molar-refractivity contribution in [3.63, 3.8) is 0 Å². The van der Waals surface area contributed by atoms with Gasteiger partial charge in [-0.05, 0) is 43.3 Å². The Bertz CT molecular complexity index is 1470. The first-order chi connectivity index (χ1) is 17.0. The second kappa shape index (κ2) is 9.71. The summed E-state index contributed by atoms with van der Waals surface area (Å²) in [5.41, 5.74) is 1.56. The van der Waals surface area contributed by atoms with Crippen LogP contribution in [0.25, 0.3) is 16.6 Å². The standard InChI is InChI=1S/C26H23N3O5S/c1-16(24(30)27-17-10-11-22-23(14-17)34-13-12-33-22)35-26-28-21-9-4-3-8-20(21)25(31)29(26)18-6-5-7-19(15-18)32-2/h3-11,14-16H,12-13H2,1-2H3,(H,27,30). The minimum atomic E-state index is -0.548. The molecule has 0 saturated heterocycles. The maximum absolute atomic E-state index is 13.5. The predicted molar refractivity (Wildman–Crippen MR) is 135 cm³/mol. The molecule has 1 N–H and O–H groups in total. The van der Waals surface area contributed by atoms with Crippen molar-refractivity contribution in [2.24, 2.45) is 0 Å². The van der Waals surface area contributed by atoms with Crippen LogP contribution in [-0.4, -0.2) is 41.0 Å². The van der Waals surface area contributed by atoms with Crippen LogP contribution in [0, 0.1) is 0 Å². The molecule has 0 aliphatic carbocycles. The van der Waals surface area contributed by atoms with E-state index in [0.29, 0.717) is 57.9 Å². The molecule has 0 spiro atoms. The topological polar surface area (TPSA) is 91.7 Å². The number of methoxy groups -OCH3 is 1. The Kier molecular flexibility index (Phi) is 6.33. The Balaban J connectivity index is 1.47. The largest absolute Gasteiger partial charge is 0.497 e. The first-order valence-corrected chi connectivity index (χ1v) is 11.9. The zero-order valence-corrected chi connectivity index (χ0v) is 20.0. The Morgan fingerprint density at radius 1 is 1.06 bits per heavy atom. The molecular formula is C26H23N3O5S. The van der Waals surface area contributed by atoms with E-state index in [1.54, 1.807) is 62.6 Å².